The van der Waals surface area contributed by atoms with Crippen molar-refractivity contribution in [2.24, 2.45) is 0 Å². The van der Waals surface area contributed by atoms with Crippen LogP contribution in [0.2, 0.25) is 5.02 Å². The molecule has 0 aliphatic heterocycles. The predicted octanol–water partition coefficient (Wildman–Crippen LogP) is 2.89. The Labute approximate surface area is 115 Å². The molecular weight excluding hydrogens is 326 g/mol. The molecule has 0 aromatic heterocycles. The molecule has 0 saturated heterocycles. The average Bonchev–Trinajstić information content (AvgIpc) is 3.10. The van der Waals surface area contributed by atoms with Crippen molar-refractivity contribution in [2.75, 3.05) is 11.9 Å². The van der Waals surface area contributed by atoms with Gasteiger partial charge in [-0.2, -0.15) is 4.31 Å². The van der Waals surface area contributed by atoms with Gasteiger partial charge in [0.15, 0.2) is 0 Å². The molecule has 0 spiro atoms. The number of rotatable bonds is 5. The van der Waals surface area contributed by atoms with Gasteiger partial charge in [0.05, 0.1) is 5.02 Å². The fraction of sp³-hybridized carbons (Fsp3) is 0.455. The summed E-state index contributed by atoms with van der Waals surface area (Å²) < 4.78 is 26.4. The summed E-state index contributed by atoms with van der Waals surface area (Å²) in [4.78, 5) is 0.203. The maximum Gasteiger partial charge on any atom is 0.244 e. The van der Waals surface area contributed by atoms with Crippen molar-refractivity contribution in [3.63, 3.8) is 0 Å². The maximum absolute atomic E-state index is 12.4. The van der Waals surface area contributed by atoms with Crippen LogP contribution in [0.25, 0.3) is 0 Å². The van der Waals surface area contributed by atoms with Crippen LogP contribution < -0.4 is 0 Å². The molecule has 0 bridgehead atoms. The molecule has 1 saturated carbocycles. The van der Waals surface area contributed by atoms with Gasteiger partial charge in [0.25, 0.3) is 0 Å². The standard InChI is InChI=1S/C11H13BrClNO2S/c12-7-8-14(9-5-6-9)17(15,16)11-4-2-1-3-10(11)13/h1-4,9H,5-8H2. The Balaban J connectivity index is 2.37. The molecule has 6 heteroatoms. The SMILES string of the molecule is O=S(=O)(c1ccccc1Cl)N(CCBr)C1CC1. The molecular formula is C11H13BrClNO2S. The Morgan fingerprint density at radius 2 is 2.00 bits per heavy atom. The predicted molar refractivity (Wildman–Crippen MR) is 72.2 cm³/mol. The lowest BCUT2D eigenvalue weighted by Gasteiger charge is -2.21. The number of benzene rings is 1. The van der Waals surface area contributed by atoms with Gasteiger partial charge in [0.1, 0.15) is 4.90 Å². The van der Waals surface area contributed by atoms with Crippen molar-refractivity contribution in [1.82, 2.24) is 4.31 Å². The molecule has 1 aromatic rings. The van der Waals surface area contributed by atoms with E-state index in [9.17, 15) is 8.42 Å². The number of hydrogen-bond donors (Lipinski definition) is 0. The van der Waals surface area contributed by atoms with Crippen LogP contribution in [0.15, 0.2) is 29.2 Å². The van der Waals surface area contributed by atoms with E-state index in [2.05, 4.69) is 15.9 Å². The second-order valence-electron chi connectivity index (χ2n) is 3.97. The van der Waals surface area contributed by atoms with Crippen LogP contribution in [0.1, 0.15) is 12.8 Å². The van der Waals surface area contributed by atoms with Crippen LogP contribution in [-0.2, 0) is 10.0 Å². The third-order valence-corrected chi connectivity index (χ3v) is 5.49. The molecule has 0 radical (unpaired) electrons. The van der Waals surface area contributed by atoms with Crippen LogP contribution in [0.5, 0.6) is 0 Å². The first-order chi connectivity index (χ1) is 8.07. The summed E-state index contributed by atoms with van der Waals surface area (Å²) in [6.45, 7) is 0.484. The summed E-state index contributed by atoms with van der Waals surface area (Å²) in [5.41, 5.74) is 0. The van der Waals surface area contributed by atoms with Crippen LogP contribution in [0.3, 0.4) is 0 Å². The van der Waals surface area contributed by atoms with E-state index >= 15 is 0 Å². The van der Waals surface area contributed by atoms with Gasteiger partial charge >= 0.3 is 0 Å². The minimum atomic E-state index is -3.46. The van der Waals surface area contributed by atoms with Crippen molar-refractivity contribution in [2.45, 2.75) is 23.8 Å². The number of nitrogens with zero attached hydrogens (tertiary/aromatic N) is 1. The summed E-state index contributed by atoms with van der Waals surface area (Å²) in [5.74, 6) is 0. The van der Waals surface area contributed by atoms with E-state index in [1.54, 1.807) is 28.6 Å². The molecule has 0 atom stereocenters. The van der Waals surface area contributed by atoms with Crippen molar-refractivity contribution < 1.29 is 8.42 Å². The first-order valence-corrected chi connectivity index (χ1v) is 8.33. The summed E-state index contributed by atoms with van der Waals surface area (Å²) >= 11 is 9.25. The highest BCUT2D eigenvalue weighted by molar-refractivity contribution is 9.09. The lowest BCUT2D eigenvalue weighted by Crippen LogP contribution is -2.34. The molecule has 3 nitrogen and oxygen atoms in total. The topological polar surface area (TPSA) is 37.4 Å². The van der Waals surface area contributed by atoms with E-state index in [-0.39, 0.29) is 16.0 Å². The minimum absolute atomic E-state index is 0.147. The van der Waals surface area contributed by atoms with Gasteiger partial charge in [0, 0.05) is 17.9 Å². The van der Waals surface area contributed by atoms with Crippen LogP contribution in [0.4, 0.5) is 0 Å². The van der Waals surface area contributed by atoms with Crippen LogP contribution >= 0.6 is 27.5 Å². The highest BCUT2D eigenvalue weighted by atomic mass is 79.9. The number of sulfonamides is 1. The Morgan fingerprint density at radius 1 is 1.35 bits per heavy atom. The van der Waals surface area contributed by atoms with Crippen LogP contribution in [0, 0.1) is 0 Å². The van der Waals surface area contributed by atoms with Crippen molar-refractivity contribution in [3.05, 3.63) is 29.3 Å². The molecule has 1 aliphatic carbocycles. The first-order valence-electron chi connectivity index (χ1n) is 5.39. The Bertz CT molecular complexity index is 502. The summed E-state index contributed by atoms with van der Waals surface area (Å²) in [6, 6.07) is 6.73. The third-order valence-electron chi connectivity index (χ3n) is 2.68. The van der Waals surface area contributed by atoms with E-state index in [0.717, 1.165) is 12.8 Å². The van der Waals surface area contributed by atoms with E-state index in [0.29, 0.717) is 11.9 Å². The molecule has 1 fully saturated rings. The smallest absolute Gasteiger partial charge is 0.207 e. The largest absolute Gasteiger partial charge is 0.244 e. The normalized spacial score (nSPS) is 16.4. The Hall–Kier alpha value is -0.100. The number of alkyl halides is 1. The van der Waals surface area contributed by atoms with E-state index < -0.39 is 10.0 Å². The van der Waals surface area contributed by atoms with E-state index in [1.165, 1.54) is 0 Å². The van der Waals surface area contributed by atoms with E-state index in [1.807, 2.05) is 0 Å². The molecule has 0 N–H and O–H groups in total. The van der Waals surface area contributed by atoms with Crippen molar-refractivity contribution in [3.8, 4) is 0 Å². The van der Waals surface area contributed by atoms with Gasteiger partial charge < -0.3 is 0 Å². The van der Waals surface area contributed by atoms with Gasteiger partial charge in [-0.15, -0.1) is 0 Å². The Morgan fingerprint density at radius 3 is 2.53 bits per heavy atom. The second-order valence-corrected chi connectivity index (χ2v) is 7.03. The Kier molecular flexibility index (Phi) is 4.13. The average molecular weight is 339 g/mol. The molecule has 94 valence electrons. The van der Waals surface area contributed by atoms with Crippen molar-refractivity contribution in [1.29, 1.82) is 0 Å². The molecule has 1 aromatic carbocycles. The lowest BCUT2D eigenvalue weighted by molar-refractivity contribution is 0.424. The van der Waals surface area contributed by atoms with Crippen LogP contribution in [-0.4, -0.2) is 30.6 Å². The zero-order chi connectivity index (χ0) is 12.5. The van der Waals surface area contributed by atoms with Gasteiger partial charge in [0.2, 0.25) is 10.0 Å². The fourth-order valence-corrected chi connectivity index (χ4v) is 4.52. The quantitative estimate of drug-likeness (QED) is 0.774. The van der Waals surface area contributed by atoms with Crippen molar-refractivity contribution >= 4 is 37.6 Å². The highest BCUT2D eigenvalue weighted by Gasteiger charge is 2.38. The monoisotopic (exact) mass is 337 g/mol. The molecule has 0 unspecified atom stereocenters. The summed E-state index contributed by atoms with van der Waals surface area (Å²) in [5, 5.41) is 0.917. The van der Waals surface area contributed by atoms with Gasteiger partial charge in [-0.3, -0.25) is 0 Å². The third kappa shape index (κ3) is 2.84. The highest BCUT2D eigenvalue weighted by Crippen LogP contribution is 2.33. The van der Waals surface area contributed by atoms with Gasteiger partial charge in [-0.1, -0.05) is 39.7 Å². The number of halogens is 2. The molecule has 1 aliphatic rings. The van der Waals surface area contributed by atoms with Gasteiger partial charge in [-0.25, -0.2) is 8.42 Å². The lowest BCUT2D eigenvalue weighted by atomic mass is 10.4. The second kappa shape index (κ2) is 5.26. The minimum Gasteiger partial charge on any atom is -0.207 e. The zero-order valence-electron chi connectivity index (χ0n) is 9.14. The maximum atomic E-state index is 12.4. The first kappa shape index (κ1) is 13.3. The molecule has 2 rings (SSSR count). The van der Waals surface area contributed by atoms with Gasteiger partial charge in [-0.05, 0) is 25.0 Å². The fourth-order valence-electron chi connectivity index (χ4n) is 1.73. The number of hydrogen-bond acceptors (Lipinski definition) is 2. The molecule has 0 heterocycles. The summed E-state index contributed by atoms with van der Waals surface area (Å²) in [6.07, 6.45) is 1.88. The van der Waals surface area contributed by atoms with E-state index in [4.69, 9.17) is 11.6 Å². The molecule has 17 heavy (non-hydrogen) atoms. The molecule has 0 amide bonds. The summed E-state index contributed by atoms with van der Waals surface area (Å²) in [7, 11) is -3.46. The zero-order valence-corrected chi connectivity index (χ0v) is 12.3.